The van der Waals surface area contributed by atoms with Crippen LogP contribution in [0.1, 0.15) is 33.6 Å². The summed E-state index contributed by atoms with van der Waals surface area (Å²) in [6.45, 7) is 0.689. The van der Waals surface area contributed by atoms with Crippen LogP contribution in [0.5, 0.6) is 0 Å². The summed E-state index contributed by atoms with van der Waals surface area (Å²) in [5.74, 6) is -0.517. The summed E-state index contributed by atoms with van der Waals surface area (Å²) in [7, 11) is 0. The fraction of sp³-hybridized carbons (Fsp3) is 0.174. The van der Waals surface area contributed by atoms with Crippen LogP contribution >= 0.6 is 11.3 Å². The van der Waals surface area contributed by atoms with Crippen LogP contribution in [0, 0.1) is 0 Å². The molecule has 0 fully saturated rings. The van der Waals surface area contributed by atoms with Gasteiger partial charge < -0.3 is 0 Å². The van der Waals surface area contributed by atoms with Crippen LogP contribution in [0.15, 0.2) is 65.5 Å². The van der Waals surface area contributed by atoms with E-state index >= 15 is 0 Å². The Morgan fingerprint density at radius 1 is 0.806 bits per heavy atom. The Hall–Kier alpha value is -3.65. The zero-order valence-electron chi connectivity index (χ0n) is 16.5. The summed E-state index contributed by atoms with van der Waals surface area (Å²) >= 11 is 1.44. The standard InChI is InChI=1S/C23H18N4O3S/c28-21-16-10-4-5-11-17(16)22(29)26(21)12-6-7-13-27-23(30)18-14-19(31-20(18)24-25-27)15-8-2-1-3-9-15/h1-5,8-11,14H,6-7,12-13H2. The second kappa shape index (κ2) is 7.88. The van der Waals surface area contributed by atoms with Crippen molar-refractivity contribution in [2.24, 2.45) is 0 Å². The van der Waals surface area contributed by atoms with E-state index in [1.54, 1.807) is 24.3 Å². The van der Waals surface area contributed by atoms with E-state index in [1.807, 2.05) is 36.4 Å². The molecule has 0 saturated heterocycles. The Labute approximate surface area is 181 Å². The Morgan fingerprint density at radius 3 is 2.16 bits per heavy atom. The molecule has 0 atom stereocenters. The fourth-order valence-electron chi connectivity index (χ4n) is 3.75. The third kappa shape index (κ3) is 3.44. The molecule has 3 heterocycles. The van der Waals surface area contributed by atoms with Crippen molar-refractivity contribution >= 4 is 33.4 Å². The van der Waals surface area contributed by atoms with Crippen molar-refractivity contribution in [1.82, 2.24) is 19.9 Å². The molecule has 0 aliphatic carbocycles. The number of carbonyl (C=O) groups excluding carboxylic acids is 2. The van der Waals surface area contributed by atoms with Gasteiger partial charge in [-0.15, -0.1) is 16.4 Å². The molecule has 154 valence electrons. The SMILES string of the molecule is O=C1c2ccccc2C(=O)N1CCCCn1nnc2sc(-c3ccccc3)cc2c1=O. The predicted molar refractivity (Wildman–Crippen MR) is 118 cm³/mol. The number of aromatic nitrogens is 3. The van der Waals surface area contributed by atoms with Crippen molar-refractivity contribution < 1.29 is 9.59 Å². The highest BCUT2D eigenvalue weighted by Gasteiger charge is 2.34. The molecule has 2 aromatic carbocycles. The number of rotatable bonds is 6. The van der Waals surface area contributed by atoms with E-state index in [2.05, 4.69) is 10.3 Å². The summed E-state index contributed by atoms with van der Waals surface area (Å²) in [5.41, 5.74) is 1.76. The summed E-state index contributed by atoms with van der Waals surface area (Å²) < 4.78 is 1.35. The van der Waals surface area contributed by atoms with Crippen LogP contribution in [0.4, 0.5) is 0 Å². The first-order chi connectivity index (χ1) is 15.1. The highest BCUT2D eigenvalue weighted by molar-refractivity contribution is 7.21. The summed E-state index contributed by atoms with van der Waals surface area (Å²) in [6, 6.07) is 18.6. The van der Waals surface area contributed by atoms with Crippen molar-refractivity contribution in [3.63, 3.8) is 0 Å². The molecule has 0 spiro atoms. The second-order valence-corrected chi connectivity index (χ2v) is 8.36. The van der Waals surface area contributed by atoms with Gasteiger partial charge in [-0.3, -0.25) is 19.3 Å². The molecule has 0 radical (unpaired) electrons. The molecular formula is C23H18N4O3S. The van der Waals surface area contributed by atoms with Gasteiger partial charge in [-0.25, -0.2) is 4.68 Å². The average molecular weight is 430 g/mol. The third-order valence-corrected chi connectivity index (χ3v) is 6.43. The van der Waals surface area contributed by atoms with E-state index in [0.29, 0.717) is 47.3 Å². The molecule has 31 heavy (non-hydrogen) atoms. The average Bonchev–Trinajstić information content (AvgIpc) is 3.34. The smallest absolute Gasteiger partial charge is 0.274 e. The van der Waals surface area contributed by atoms with Gasteiger partial charge in [-0.05, 0) is 36.6 Å². The molecule has 7 nitrogen and oxygen atoms in total. The lowest BCUT2D eigenvalue weighted by Gasteiger charge is -2.13. The Morgan fingerprint density at radius 2 is 1.45 bits per heavy atom. The maximum atomic E-state index is 12.8. The van der Waals surface area contributed by atoms with E-state index in [9.17, 15) is 14.4 Å². The molecule has 5 rings (SSSR count). The number of aryl methyl sites for hydroxylation is 1. The van der Waals surface area contributed by atoms with Crippen molar-refractivity contribution in [1.29, 1.82) is 0 Å². The van der Waals surface area contributed by atoms with Gasteiger partial charge in [0.05, 0.1) is 16.5 Å². The minimum Gasteiger partial charge on any atom is -0.274 e. The lowest BCUT2D eigenvalue weighted by Crippen LogP contribution is -2.31. The van der Waals surface area contributed by atoms with E-state index in [-0.39, 0.29) is 17.4 Å². The molecule has 0 saturated carbocycles. The van der Waals surface area contributed by atoms with E-state index < -0.39 is 0 Å². The van der Waals surface area contributed by atoms with Gasteiger partial charge in [0, 0.05) is 18.0 Å². The van der Waals surface area contributed by atoms with Gasteiger partial charge in [-0.2, -0.15) is 0 Å². The zero-order valence-corrected chi connectivity index (χ0v) is 17.3. The van der Waals surface area contributed by atoms with Gasteiger partial charge in [0.25, 0.3) is 17.4 Å². The first-order valence-electron chi connectivity index (χ1n) is 10.0. The molecule has 0 N–H and O–H groups in total. The normalized spacial score (nSPS) is 13.2. The van der Waals surface area contributed by atoms with Crippen LogP contribution in [0.2, 0.25) is 0 Å². The number of benzene rings is 2. The van der Waals surface area contributed by atoms with Gasteiger partial charge >= 0.3 is 0 Å². The molecule has 1 aliphatic heterocycles. The lowest BCUT2D eigenvalue weighted by atomic mass is 10.1. The van der Waals surface area contributed by atoms with Crippen molar-refractivity contribution in [2.75, 3.05) is 6.54 Å². The van der Waals surface area contributed by atoms with Crippen LogP contribution < -0.4 is 5.56 Å². The molecule has 2 aromatic heterocycles. The number of nitrogens with zero attached hydrogens (tertiary/aromatic N) is 4. The first kappa shape index (κ1) is 19.3. The number of hydrogen-bond donors (Lipinski definition) is 0. The molecule has 1 aliphatic rings. The topological polar surface area (TPSA) is 85.2 Å². The molecule has 4 aromatic rings. The van der Waals surface area contributed by atoms with Crippen molar-refractivity contribution in [3.05, 3.63) is 82.1 Å². The van der Waals surface area contributed by atoms with Gasteiger partial charge in [0.1, 0.15) is 0 Å². The number of amides is 2. The van der Waals surface area contributed by atoms with Gasteiger partial charge in [0.15, 0.2) is 4.83 Å². The third-order valence-electron chi connectivity index (χ3n) is 5.36. The maximum absolute atomic E-state index is 12.8. The Bertz CT molecular complexity index is 1330. The minimum absolute atomic E-state index is 0.177. The summed E-state index contributed by atoms with van der Waals surface area (Å²) in [5, 5.41) is 8.83. The predicted octanol–water partition coefficient (Wildman–Crippen LogP) is 3.60. The highest BCUT2D eigenvalue weighted by atomic mass is 32.1. The largest absolute Gasteiger partial charge is 0.278 e. The molecule has 0 bridgehead atoms. The number of hydrogen-bond acceptors (Lipinski definition) is 6. The van der Waals surface area contributed by atoms with Crippen LogP contribution in [0.3, 0.4) is 0 Å². The summed E-state index contributed by atoms with van der Waals surface area (Å²) in [4.78, 5) is 40.5. The monoisotopic (exact) mass is 430 g/mol. The van der Waals surface area contributed by atoms with E-state index in [4.69, 9.17) is 0 Å². The van der Waals surface area contributed by atoms with Crippen molar-refractivity contribution in [3.8, 4) is 10.4 Å². The minimum atomic E-state index is -0.259. The Kier molecular flexibility index (Phi) is 4.91. The van der Waals surface area contributed by atoms with E-state index in [1.165, 1.54) is 20.9 Å². The van der Waals surface area contributed by atoms with Crippen LogP contribution in [-0.4, -0.2) is 38.3 Å². The number of fused-ring (bicyclic) bond motifs is 2. The molecule has 0 unspecified atom stereocenters. The number of carbonyl (C=O) groups is 2. The second-order valence-electron chi connectivity index (χ2n) is 7.33. The molecular weight excluding hydrogens is 412 g/mol. The molecule has 8 heteroatoms. The maximum Gasteiger partial charge on any atom is 0.278 e. The lowest BCUT2D eigenvalue weighted by molar-refractivity contribution is 0.0651. The Balaban J connectivity index is 1.26. The van der Waals surface area contributed by atoms with Crippen LogP contribution in [-0.2, 0) is 6.54 Å². The quantitative estimate of drug-likeness (QED) is 0.345. The first-order valence-corrected chi connectivity index (χ1v) is 10.8. The van der Waals surface area contributed by atoms with Gasteiger partial charge in [0.2, 0.25) is 0 Å². The van der Waals surface area contributed by atoms with Crippen LogP contribution in [0.25, 0.3) is 20.7 Å². The number of thiophene rings is 1. The molecule has 2 amide bonds. The highest BCUT2D eigenvalue weighted by Crippen LogP contribution is 2.30. The van der Waals surface area contributed by atoms with Crippen molar-refractivity contribution in [2.45, 2.75) is 19.4 Å². The zero-order chi connectivity index (χ0) is 21.4. The van der Waals surface area contributed by atoms with E-state index in [0.717, 1.165) is 10.4 Å². The number of unbranched alkanes of at least 4 members (excludes halogenated alkanes) is 1. The summed E-state index contributed by atoms with van der Waals surface area (Å²) in [6.07, 6.45) is 1.18. The number of imide groups is 1. The fourth-order valence-corrected chi connectivity index (χ4v) is 4.72. The van der Waals surface area contributed by atoms with Gasteiger partial charge in [-0.1, -0.05) is 47.7 Å².